The molecule has 1 aliphatic heterocycles. The Bertz CT molecular complexity index is 731. The lowest BCUT2D eigenvalue weighted by molar-refractivity contribution is -0.137. The zero-order chi connectivity index (χ0) is 16.4. The first-order valence-corrected chi connectivity index (χ1v) is 7.10. The summed E-state index contributed by atoms with van der Waals surface area (Å²) in [4.78, 5) is 15.5. The van der Waals surface area contributed by atoms with E-state index in [0.717, 1.165) is 11.6 Å². The number of hydrogen-bond donors (Lipinski definition) is 2. The maximum atomic E-state index is 13.0. The van der Waals surface area contributed by atoms with E-state index in [4.69, 9.17) is 0 Å². The minimum absolute atomic E-state index is 0.146. The summed E-state index contributed by atoms with van der Waals surface area (Å²) in [6.07, 6.45) is -2.95. The summed E-state index contributed by atoms with van der Waals surface area (Å²) in [7, 11) is 0. The zero-order valence-corrected chi connectivity index (χ0v) is 12.0. The van der Waals surface area contributed by atoms with Crippen LogP contribution in [-0.4, -0.2) is 17.4 Å². The number of pyridine rings is 1. The second kappa shape index (κ2) is 5.91. The molecule has 0 aliphatic carbocycles. The molecule has 1 aromatic carbocycles. The molecular weight excluding hydrogens is 307 g/mol. The third kappa shape index (κ3) is 3.28. The highest BCUT2D eigenvalue weighted by Gasteiger charge is 2.34. The first kappa shape index (κ1) is 15.3. The van der Waals surface area contributed by atoms with Gasteiger partial charge in [0.25, 0.3) is 0 Å². The van der Waals surface area contributed by atoms with Gasteiger partial charge in [-0.15, -0.1) is 0 Å². The van der Waals surface area contributed by atoms with Crippen molar-refractivity contribution in [2.75, 3.05) is 17.2 Å². The minimum Gasteiger partial charge on any atom is -0.369 e. The Kier molecular flexibility index (Phi) is 3.94. The highest BCUT2D eigenvalue weighted by atomic mass is 19.4. The van der Waals surface area contributed by atoms with Crippen LogP contribution in [0.4, 0.5) is 24.7 Å². The lowest BCUT2D eigenvalue weighted by atomic mass is 9.90. The van der Waals surface area contributed by atoms with Gasteiger partial charge in [-0.3, -0.25) is 4.79 Å². The molecule has 2 N–H and O–H groups in total. The number of nitrogens with one attached hydrogen (secondary N) is 2. The van der Waals surface area contributed by atoms with Crippen LogP contribution in [0.5, 0.6) is 0 Å². The normalized spacial score (nSPS) is 17.3. The third-order valence-electron chi connectivity index (χ3n) is 3.74. The van der Waals surface area contributed by atoms with E-state index < -0.39 is 11.7 Å². The number of amides is 1. The molecule has 1 aromatic heterocycles. The number of anilines is 2. The van der Waals surface area contributed by atoms with Gasteiger partial charge in [0.2, 0.25) is 5.91 Å². The Balaban J connectivity index is 1.81. The summed E-state index contributed by atoms with van der Waals surface area (Å²) in [5.74, 6) is -0.570. The molecule has 0 spiro atoms. The quantitative estimate of drug-likeness (QED) is 0.907. The zero-order valence-electron chi connectivity index (χ0n) is 12.0. The van der Waals surface area contributed by atoms with Gasteiger partial charge in [0.15, 0.2) is 0 Å². The summed E-state index contributed by atoms with van der Waals surface area (Å²) in [5, 5.41) is 5.50. The Labute approximate surface area is 130 Å². The fourth-order valence-electron chi connectivity index (χ4n) is 2.68. The van der Waals surface area contributed by atoms with Crippen LogP contribution in [0.15, 0.2) is 42.6 Å². The Morgan fingerprint density at radius 2 is 2.00 bits per heavy atom. The summed E-state index contributed by atoms with van der Waals surface area (Å²) in [5.41, 5.74) is 0.797. The van der Waals surface area contributed by atoms with Gasteiger partial charge < -0.3 is 10.6 Å². The number of halogens is 3. The van der Waals surface area contributed by atoms with Crippen LogP contribution < -0.4 is 10.6 Å². The van der Waals surface area contributed by atoms with Crippen LogP contribution in [-0.2, 0) is 11.0 Å². The molecule has 1 unspecified atom stereocenters. The lowest BCUT2D eigenvalue weighted by Gasteiger charge is -2.26. The molecule has 0 saturated carbocycles. The second-order valence-corrected chi connectivity index (χ2v) is 5.31. The van der Waals surface area contributed by atoms with E-state index in [2.05, 4.69) is 15.6 Å². The first-order chi connectivity index (χ1) is 10.9. The van der Waals surface area contributed by atoms with E-state index in [9.17, 15) is 18.0 Å². The molecule has 7 heteroatoms. The van der Waals surface area contributed by atoms with Crippen LogP contribution in [0.25, 0.3) is 0 Å². The number of carbonyl (C=O) groups excluding carboxylic acids is 1. The maximum Gasteiger partial charge on any atom is 0.419 e. The van der Waals surface area contributed by atoms with E-state index in [1.807, 2.05) is 12.1 Å². The first-order valence-electron chi connectivity index (χ1n) is 7.10. The molecule has 2 heterocycles. The van der Waals surface area contributed by atoms with Crippen molar-refractivity contribution in [3.63, 3.8) is 0 Å². The standard InChI is InChI=1S/C16H14F3N3O/c17-16(18,19)12-5-3-7-20-15(12)21-9-10-8-14(23)22-13-6-2-1-4-11(10)13/h1-7,10H,8-9H2,(H,20,21)(H,22,23). The molecule has 23 heavy (non-hydrogen) atoms. The molecule has 1 aliphatic rings. The molecule has 1 amide bonds. The molecule has 2 aromatic rings. The van der Waals surface area contributed by atoms with Crippen LogP contribution in [0.3, 0.4) is 0 Å². The summed E-state index contributed by atoms with van der Waals surface area (Å²) in [6.45, 7) is 0.199. The largest absolute Gasteiger partial charge is 0.419 e. The minimum atomic E-state index is -4.47. The monoisotopic (exact) mass is 321 g/mol. The van der Waals surface area contributed by atoms with Gasteiger partial charge in [-0.05, 0) is 23.8 Å². The predicted molar refractivity (Wildman–Crippen MR) is 80.2 cm³/mol. The van der Waals surface area contributed by atoms with Crippen LogP contribution >= 0.6 is 0 Å². The molecule has 1 atom stereocenters. The van der Waals surface area contributed by atoms with Crippen LogP contribution in [0.1, 0.15) is 23.5 Å². The van der Waals surface area contributed by atoms with Crippen LogP contribution in [0.2, 0.25) is 0 Å². The van der Waals surface area contributed by atoms with Crippen molar-refractivity contribution in [2.24, 2.45) is 0 Å². The maximum absolute atomic E-state index is 13.0. The van der Waals surface area contributed by atoms with E-state index in [-0.39, 0.29) is 30.6 Å². The number of nitrogens with zero attached hydrogens (tertiary/aromatic N) is 1. The third-order valence-corrected chi connectivity index (χ3v) is 3.74. The summed E-state index contributed by atoms with van der Waals surface area (Å²) in [6, 6.07) is 9.51. The molecule has 0 radical (unpaired) electrons. The molecular formula is C16H14F3N3O. The Hall–Kier alpha value is -2.57. The second-order valence-electron chi connectivity index (χ2n) is 5.31. The number of fused-ring (bicyclic) bond motifs is 1. The number of benzene rings is 1. The topological polar surface area (TPSA) is 54.0 Å². The molecule has 120 valence electrons. The van der Waals surface area contributed by atoms with Crippen molar-refractivity contribution in [3.05, 3.63) is 53.7 Å². The smallest absolute Gasteiger partial charge is 0.369 e. The predicted octanol–water partition coefficient (Wildman–Crippen LogP) is 3.64. The van der Waals surface area contributed by atoms with E-state index in [1.54, 1.807) is 12.1 Å². The molecule has 0 fully saturated rings. The lowest BCUT2D eigenvalue weighted by Crippen LogP contribution is -2.27. The van der Waals surface area contributed by atoms with E-state index in [0.29, 0.717) is 5.69 Å². The molecule has 0 bridgehead atoms. The van der Waals surface area contributed by atoms with Gasteiger partial charge >= 0.3 is 6.18 Å². The Morgan fingerprint density at radius 3 is 2.78 bits per heavy atom. The van der Waals surface area contributed by atoms with Crippen molar-refractivity contribution in [1.29, 1.82) is 0 Å². The van der Waals surface area contributed by atoms with E-state index >= 15 is 0 Å². The van der Waals surface area contributed by atoms with Crippen LogP contribution in [0, 0.1) is 0 Å². The molecule has 0 saturated heterocycles. The summed E-state index contributed by atoms with van der Waals surface area (Å²) < 4.78 is 38.9. The van der Waals surface area contributed by atoms with Gasteiger partial charge in [0, 0.05) is 30.8 Å². The number of rotatable bonds is 3. The fourth-order valence-corrected chi connectivity index (χ4v) is 2.68. The average Bonchev–Trinajstić information content (AvgIpc) is 2.52. The SMILES string of the molecule is O=C1CC(CNc2ncccc2C(F)(F)F)c2ccccc2N1. The number of hydrogen-bond acceptors (Lipinski definition) is 3. The van der Waals surface area contributed by atoms with Crippen molar-refractivity contribution >= 4 is 17.4 Å². The van der Waals surface area contributed by atoms with Crippen molar-refractivity contribution in [2.45, 2.75) is 18.5 Å². The molecule has 4 nitrogen and oxygen atoms in total. The van der Waals surface area contributed by atoms with Crippen molar-refractivity contribution in [3.8, 4) is 0 Å². The fraction of sp³-hybridized carbons (Fsp3) is 0.250. The number of aromatic nitrogens is 1. The number of carbonyl (C=O) groups is 1. The van der Waals surface area contributed by atoms with E-state index in [1.165, 1.54) is 12.3 Å². The van der Waals surface area contributed by atoms with Gasteiger partial charge in [-0.1, -0.05) is 18.2 Å². The Morgan fingerprint density at radius 1 is 1.22 bits per heavy atom. The van der Waals surface area contributed by atoms with Gasteiger partial charge in [0.05, 0.1) is 5.56 Å². The van der Waals surface area contributed by atoms with Crippen molar-refractivity contribution < 1.29 is 18.0 Å². The van der Waals surface area contributed by atoms with Gasteiger partial charge in [-0.2, -0.15) is 13.2 Å². The number of para-hydroxylation sites is 1. The molecule has 3 rings (SSSR count). The van der Waals surface area contributed by atoms with Crippen molar-refractivity contribution in [1.82, 2.24) is 4.98 Å². The highest BCUT2D eigenvalue weighted by Crippen LogP contribution is 2.35. The van der Waals surface area contributed by atoms with Gasteiger partial charge in [0.1, 0.15) is 5.82 Å². The highest BCUT2D eigenvalue weighted by molar-refractivity contribution is 5.94. The average molecular weight is 321 g/mol. The number of alkyl halides is 3. The van der Waals surface area contributed by atoms with Gasteiger partial charge in [-0.25, -0.2) is 4.98 Å². The summed E-state index contributed by atoms with van der Waals surface area (Å²) >= 11 is 0.